The van der Waals surface area contributed by atoms with Gasteiger partial charge >= 0.3 is 0 Å². The molecule has 0 aliphatic heterocycles. The lowest BCUT2D eigenvalue weighted by Gasteiger charge is -2.29. The zero-order chi connectivity index (χ0) is 23.0. The molecule has 168 valence electrons. The highest BCUT2D eigenvalue weighted by atomic mass is 35.5. The number of hydrogen-bond acceptors (Lipinski definition) is 5. The number of carbonyl (C=O) groups is 2. The maximum Gasteiger partial charge on any atom is 0.261 e. The van der Waals surface area contributed by atoms with Crippen LogP contribution in [0.4, 0.5) is 0 Å². The molecule has 0 aromatic heterocycles. The molecule has 8 heteroatoms. The van der Waals surface area contributed by atoms with Gasteiger partial charge in [0.2, 0.25) is 5.91 Å². The van der Waals surface area contributed by atoms with Gasteiger partial charge in [0.1, 0.15) is 23.3 Å². The van der Waals surface area contributed by atoms with Crippen molar-refractivity contribution < 1.29 is 23.8 Å². The summed E-state index contributed by atoms with van der Waals surface area (Å²) < 4.78 is 16.2. The van der Waals surface area contributed by atoms with E-state index >= 15 is 0 Å². The zero-order valence-electron chi connectivity index (χ0n) is 18.5. The molecule has 0 unspecified atom stereocenters. The van der Waals surface area contributed by atoms with Gasteiger partial charge in [-0.2, -0.15) is 0 Å². The molecule has 2 amide bonds. The van der Waals surface area contributed by atoms with E-state index in [4.69, 9.17) is 25.8 Å². The summed E-state index contributed by atoms with van der Waals surface area (Å²) in [5, 5.41) is 3.41. The highest BCUT2D eigenvalue weighted by Gasteiger charge is 2.27. The van der Waals surface area contributed by atoms with Crippen molar-refractivity contribution in [2.45, 2.75) is 39.4 Å². The number of rotatable bonds is 10. The van der Waals surface area contributed by atoms with Crippen LogP contribution in [0, 0.1) is 0 Å². The van der Waals surface area contributed by atoms with Crippen LogP contribution in [-0.4, -0.2) is 49.6 Å². The van der Waals surface area contributed by atoms with E-state index in [9.17, 15) is 9.59 Å². The minimum Gasteiger partial charge on any atom is -0.496 e. The van der Waals surface area contributed by atoms with Crippen molar-refractivity contribution in [3.05, 3.63) is 53.1 Å². The van der Waals surface area contributed by atoms with E-state index in [-0.39, 0.29) is 31.0 Å². The average Bonchev–Trinajstić information content (AvgIpc) is 2.74. The molecule has 2 rings (SSSR count). The minimum absolute atomic E-state index is 0.0430. The molecule has 0 bridgehead atoms. The fraction of sp³-hybridized carbons (Fsp3) is 0.391. The molecule has 2 aromatic carbocycles. The van der Waals surface area contributed by atoms with Crippen LogP contribution in [0.5, 0.6) is 17.2 Å². The molecule has 2 aromatic rings. The zero-order valence-corrected chi connectivity index (χ0v) is 19.2. The molecule has 7 nitrogen and oxygen atoms in total. The summed E-state index contributed by atoms with van der Waals surface area (Å²) in [4.78, 5) is 27.1. The fourth-order valence-corrected chi connectivity index (χ4v) is 3.13. The fourth-order valence-electron chi connectivity index (χ4n) is 2.91. The molecule has 0 heterocycles. The van der Waals surface area contributed by atoms with Gasteiger partial charge in [-0.1, -0.05) is 23.7 Å². The molecular weight excluding hydrogens is 420 g/mol. The largest absolute Gasteiger partial charge is 0.496 e. The van der Waals surface area contributed by atoms with Crippen LogP contribution in [0.15, 0.2) is 42.5 Å². The van der Waals surface area contributed by atoms with Crippen molar-refractivity contribution in [2.75, 3.05) is 20.8 Å². The van der Waals surface area contributed by atoms with Crippen molar-refractivity contribution in [1.29, 1.82) is 0 Å². The molecule has 0 radical (unpaired) electrons. The van der Waals surface area contributed by atoms with Crippen LogP contribution >= 0.6 is 11.6 Å². The number of ether oxygens (including phenoxy) is 3. The van der Waals surface area contributed by atoms with Crippen LogP contribution < -0.4 is 19.5 Å². The molecule has 1 atom stereocenters. The number of methoxy groups -OCH3 is 2. The predicted octanol–water partition coefficient (Wildman–Crippen LogP) is 3.68. The number of nitrogens with zero attached hydrogens (tertiary/aromatic N) is 1. The number of hydrogen-bond donors (Lipinski definition) is 1. The van der Waals surface area contributed by atoms with Crippen LogP contribution in [0.1, 0.15) is 26.3 Å². The van der Waals surface area contributed by atoms with Crippen molar-refractivity contribution in [3.63, 3.8) is 0 Å². The predicted molar refractivity (Wildman–Crippen MR) is 120 cm³/mol. The monoisotopic (exact) mass is 448 g/mol. The second kappa shape index (κ2) is 11.5. The topological polar surface area (TPSA) is 77.1 Å². The lowest BCUT2D eigenvalue weighted by Crippen LogP contribution is -2.50. The standard InChI is InChI=1S/C23H29ClN2O5/c1-15(2)25-23(28)16(3)26(13-17-7-6-8-18(24)9-17)22(27)14-31-21-11-19(29-4)10-20(12-21)30-5/h6-12,15-16H,13-14H2,1-5H3,(H,25,28)/t16-/m1/s1. The van der Waals surface area contributed by atoms with Crippen molar-refractivity contribution in [2.24, 2.45) is 0 Å². The maximum atomic E-state index is 13.1. The Morgan fingerprint density at radius 1 is 1.00 bits per heavy atom. The summed E-state index contributed by atoms with van der Waals surface area (Å²) >= 11 is 6.09. The van der Waals surface area contributed by atoms with Crippen molar-refractivity contribution in [1.82, 2.24) is 10.2 Å². The summed E-state index contributed by atoms with van der Waals surface area (Å²) in [6.45, 7) is 5.39. The summed E-state index contributed by atoms with van der Waals surface area (Å²) in [7, 11) is 3.07. The minimum atomic E-state index is -0.697. The summed E-state index contributed by atoms with van der Waals surface area (Å²) in [5.74, 6) is 0.928. The molecule has 0 saturated heterocycles. The maximum absolute atomic E-state index is 13.1. The van der Waals surface area contributed by atoms with Gasteiger partial charge in [-0.3, -0.25) is 9.59 Å². The Bertz CT molecular complexity index is 881. The normalized spacial score (nSPS) is 11.6. The molecule has 1 N–H and O–H groups in total. The van der Waals surface area contributed by atoms with Crippen LogP contribution in [0.2, 0.25) is 5.02 Å². The first kappa shape index (κ1) is 24.3. The number of amides is 2. The first-order chi connectivity index (χ1) is 14.7. The van der Waals surface area contributed by atoms with Gasteiger partial charge in [0.05, 0.1) is 14.2 Å². The van der Waals surface area contributed by atoms with Crippen LogP contribution in [0.3, 0.4) is 0 Å². The quantitative estimate of drug-likeness (QED) is 0.600. The van der Waals surface area contributed by atoms with E-state index in [1.54, 1.807) is 43.3 Å². The molecule has 0 spiro atoms. The van der Waals surface area contributed by atoms with Crippen LogP contribution in [0.25, 0.3) is 0 Å². The van der Waals surface area contributed by atoms with Gasteiger partial charge in [0, 0.05) is 35.8 Å². The third kappa shape index (κ3) is 7.36. The molecule has 0 aliphatic carbocycles. The van der Waals surface area contributed by atoms with E-state index in [1.807, 2.05) is 19.9 Å². The van der Waals surface area contributed by atoms with E-state index in [2.05, 4.69) is 5.32 Å². The molecule has 0 aliphatic rings. The van der Waals surface area contributed by atoms with E-state index in [0.29, 0.717) is 22.3 Å². The lowest BCUT2D eigenvalue weighted by molar-refractivity contribution is -0.142. The Morgan fingerprint density at radius 2 is 1.61 bits per heavy atom. The summed E-state index contributed by atoms with van der Waals surface area (Å²) in [5.41, 5.74) is 0.813. The van der Waals surface area contributed by atoms with Gasteiger partial charge in [-0.25, -0.2) is 0 Å². The van der Waals surface area contributed by atoms with Crippen molar-refractivity contribution in [3.8, 4) is 17.2 Å². The third-order valence-electron chi connectivity index (χ3n) is 4.53. The summed E-state index contributed by atoms with van der Waals surface area (Å²) in [6, 6.07) is 11.5. The molecule has 0 saturated carbocycles. The first-order valence-corrected chi connectivity index (χ1v) is 10.3. The second-order valence-corrected chi connectivity index (χ2v) is 7.76. The Kier molecular flexibility index (Phi) is 9.00. The summed E-state index contributed by atoms with van der Waals surface area (Å²) in [6.07, 6.45) is 0. The Labute approximate surface area is 188 Å². The highest BCUT2D eigenvalue weighted by Crippen LogP contribution is 2.27. The van der Waals surface area contributed by atoms with E-state index < -0.39 is 6.04 Å². The third-order valence-corrected chi connectivity index (χ3v) is 4.76. The Morgan fingerprint density at radius 3 is 2.16 bits per heavy atom. The van der Waals surface area contributed by atoms with E-state index in [0.717, 1.165) is 5.56 Å². The highest BCUT2D eigenvalue weighted by molar-refractivity contribution is 6.30. The van der Waals surface area contributed by atoms with E-state index in [1.165, 1.54) is 19.1 Å². The van der Waals surface area contributed by atoms with Gasteiger partial charge in [0.15, 0.2) is 6.61 Å². The Hall–Kier alpha value is -2.93. The number of halogens is 1. The number of nitrogens with one attached hydrogen (secondary N) is 1. The van der Waals surface area contributed by atoms with Gasteiger partial charge in [-0.15, -0.1) is 0 Å². The number of benzene rings is 2. The van der Waals surface area contributed by atoms with Gasteiger partial charge in [-0.05, 0) is 38.5 Å². The SMILES string of the molecule is COc1cc(OC)cc(OCC(=O)N(Cc2cccc(Cl)c2)[C@H](C)C(=O)NC(C)C)c1. The van der Waals surface area contributed by atoms with Crippen molar-refractivity contribution >= 4 is 23.4 Å². The molecule has 31 heavy (non-hydrogen) atoms. The van der Waals surface area contributed by atoms with Gasteiger partial charge < -0.3 is 24.4 Å². The number of carbonyl (C=O) groups excluding carboxylic acids is 2. The molecular formula is C23H29ClN2O5. The van der Waals surface area contributed by atoms with Crippen LogP contribution in [-0.2, 0) is 16.1 Å². The lowest BCUT2D eigenvalue weighted by atomic mass is 10.1. The second-order valence-electron chi connectivity index (χ2n) is 7.33. The Balaban J connectivity index is 2.19. The molecule has 0 fully saturated rings. The average molecular weight is 449 g/mol. The first-order valence-electron chi connectivity index (χ1n) is 9.93. The van der Waals surface area contributed by atoms with Gasteiger partial charge in [0.25, 0.3) is 5.91 Å². The smallest absolute Gasteiger partial charge is 0.261 e.